The van der Waals surface area contributed by atoms with Gasteiger partial charge in [-0.3, -0.25) is 14.7 Å². The van der Waals surface area contributed by atoms with Crippen LogP contribution in [-0.4, -0.2) is 59.4 Å². The summed E-state index contributed by atoms with van der Waals surface area (Å²) in [6.45, 7) is 1.43. The second-order valence-corrected chi connectivity index (χ2v) is 9.84. The van der Waals surface area contributed by atoms with Crippen molar-refractivity contribution in [2.75, 3.05) is 33.4 Å². The van der Waals surface area contributed by atoms with Crippen LogP contribution in [0.4, 0.5) is 13.2 Å². The van der Waals surface area contributed by atoms with Crippen molar-refractivity contribution in [3.63, 3.8) is 0 Å². The van der Waals surface area contributed by atoms with Crippen molar-refractivity contribution in [1.29, 1.82) is 0 Å². The molecular weight excluding hydrogens is 525 g/mol. The molecule has 204 valence electrons. The zero-order chi connectivity index (χ0) is 27.4. The highest BCUT2D eigenvalue weighted by atomic mass is 35.5. The van der Waals surface area contributed by atoms with Gasteiger partial charge in [-0.25, -0.2) is 13.2 Å². The number of rotatable bonds is 10. The van der Waals surface area contributed by atoms with E-state index in [1.807, 2.05) is 4.90 Å². The smallest absolute Gasteiger partial charge is 0.309 e. The molecule has 0 unspecified atom stereocenters. The number of carboxylic acids is 1. The maximum absolute atomic E-state index is 13.4. The zero-order valence-corrected chi connectivity index (χ0v) is 21.5. The second kappa shape index (κ2) is 11.8. The van der Waals surface area contributed by atoms with E-state index in [0.717, 1.165) is 12.1 Å². The van der Waals surface area contributed by atoms with E-state index in [2.05, 4.69) is 4.98 Å². The van der Waals surface area contributed by atoms with Crippen LogP contribution < -0.4 is 9.47 Å². The number of aliphatic hydroxyl groups excluding tert-OH is 1. The number of benzene rings is 2. The molecule has 0 aliphatic carbocycles. The molecule has 1 aromatic heterocycles. The SMILES string of the molecule is COc1ccc2ncc(Cl)c([C@@H](O)CCC3(C(=O)O)CCN(CCOc4cc(F)c(F)c(F)c4)CC3)c2c1. The molecule has 1 fully saturated rings. The quantitative estimate of drug-likeness (QED) is 0.327. The molecule has 0 bridgehead atoms. The number of fused-ring (bicyclic) bond motifs is 1. The van der Waals surface area contributed by atoms with Gasteiger partial charge in [0.2, 0.25) is 0 Å². The first-order valence-corrected chi connectivity index (χ1v) is 12.5. The number of hydrogen-bond donors (Lipinski definition) is 2. The van der Waals surface area contributed by atoms with Crippen LogP contribution in [0, 0.1) is 22.9 Å². The van der Waals surface area contributed by atoms with Gasteiger partial charge < -0.3 is 19.7 Å². The summed E-state index contributed by atoms with van der Waals surface area (Å²) in [5.74, 6) is -4.67. The van der Waals surface area contributed by atoms with Gasteiger partial charge in [0.15, 0.2) is 17.5 Å². The standard InChI is InChI=1S/C27H28ClF3N2O5/c1-37-16-2-3-22-18(12-16)24(19(28)15-32-22)23(34)4-5-27(26(35)36)6-8-33(9-7-27)10-11-38-17-13-20(29)25(31)21(30)14-17/h2-3,12-15,23,34H,4-11H2,1H3,(H,35,36)/t23-/m0/s1. The van der Waals surface area contributed by atoms with Gasteiger partial charge in [0.25, 0.3) is 0 Å². The van der Waals surface area contributed by atoms with Crippen molar-refractivity contribution in [2.24, 2.45) is 5.41 Å². The lowest BCUT2D eigenvalue weighted by molar-refractivity contribution is -0.153. The summed E-state index contributed by atoms with van der Waals surface area (Å²) in [5, 5.41) is 22.1. The van der Waals surface area contributed by atoms with Gasteiger partial charge in [-0.15, -0.1) is 0 Å². The van der Waals surface area contributed by atoms with Crippen LogP contribution in [0.5, 0.6) is 11.5 Å². The first kappa shape index (κ1) is 27.9. The van der Waals surface area contributed by atoms with E-state index in [1.54, 1.807) is 18.2 Å². The Morgan fingerprint density at radius 3 is 2.47 bits per heavy atom. The number of hydrogen-bond acceptors (Lipinski definition) is 6. The first-order valence-electron chi connectivity index (χ1n) is 12.2. The van der Waals surface area contributed by atoms with Gasteiger partial charge in [0.05, 0.1) is 29.2 Å². The van der Waals surface area contributed by atoms with Crippen molar-refractivity contribution in [2.45, 2.75) is 31.8 Å². The molecule has 2 heterocycles. The van der Waals surface area contributed by atoms with Crippen LogP contribution >= 0.6 is 11.6 Å². The van der Waals surface area contributed by atoms with Crippen LogP contribution in [0.25, 0.3) is 10.9 Å². The Bertz CT molecular complexity index is 1290. The predicted octanol–water partition coefficient (Wildman–Crippen LogP) is 5.37. The van der Waals surface area contributed by atoms with E-state index in [-0.39, 0.29) is 25.2 Å². The van der Waals surface area contributed by atoms with Crippen molar-refractivity contribution in [3.8, 4) is 11.5 Å². The molecule has 7 nitrogen and oxygen atoms in total. The largest absolute Gasteiger partial charge is 0.497 e. The highest BCUT2D eigenvalue weighted by Gasteiger charge is 2.41. The van der Waals surface area contributed by atoms with E-state index in [9.17, 15) is 28.2 Å². The highest BCUT2D eigenvalue weighted by Crippen LogP contribution is 2.41. The van der Waals surface area contributed by atoms with Gasteiger partial charge in [-0.2, -0.15) is 0 Å². The molecule has 0 radical (unpaired) electrons. The summed E-state index contributed by atoms with van der Waals surface area (Å²) in [5.41, 5.74) is 0.104. The summed E-state index contributed by atoms with van der Waals surface area (Å²) in [6, 6.07) is 6.83. The van der Waals surface area contributed by atoms with Crippen molar-refractivity contribution < 1.29 is 37.7 Å². The number of nitrogens with zero attached hydrogens (tertiary/aromatic N) is 2. The zero-order valence-electron chi connectivity index (χ0n) is 20.7. The Morgan fingerprint density at radius 2 is 1.84 bits per heavy atom. The Balaban J connectivity index is 1.36. The van der Waals surface area contributed by atoms with Crippen LogP contribution in [0.1, 0.15) is 37.4 Å². The number of carbonyl (C=O) groups is 1. The van der Waals surface area contributed by atoms with Crippen molar-refractivity contribution in [1.82, 2.24) is 9.88 Å². The lowest BCUT2D eigenvalue weighted by Crippen LogP contribution is -2.45. The topological polar surface area (TPSA) is 92.1 Å². The number of piperidine rings is 1. The molecular formula is C27H28ClF3N2O5. The van der Waals surface area contributed by atoms with Gasteiger partial charge in [-0.1, -0.05) is 11.6 Å². The van der Waals surface area contributed by atoms with Crippen LogP contribution in [0.3, 0.4) is 0 Å². The molecule has 0 spiro atoms. The number of methoxy groups -OCH3 is 1. The molecule has 0 saturated carbocycles. The average Bonchev–Trinajstić information content (AvgIpc) is 2.90. The van der Waals surface area contributed by atoms with Crippen molar-refractivity contribution in [3.05, 3.63) is 64.6 Å². The van der Waals surface area contributed by atoms with Gasteiger partial charge in [0, 0.05) is 35.8 Å². The first-order chi connectivity index (χ1) is 18.1. The predicted molar refractivity (Wildman–Crippen MR) is 135 cm³/mol. The Kier molecular flexibility index (Phi) is 8.64. The van der Waals surface area contributed by atoms with E-state index in [0.29, 0.717) is 59.7 Å². The maximum Gasteiger partial charge on any atom is 0.309 e. The summed E-state index contributed by atoms with van der Waals surface area (Å²) in [6.07, 6.45) is 1.61. The summed E-state index contributed by atoms with van der Waals surface area (Å²) < 4.78 is 50.5. The third-order valence-electron chi connectivity index (χ3n) is 7.20. The minimum Gasteiger partial charge on any atom is -0.497 e. The fraction of sp³-hybridized carbons (Fsp3) is 0.407. The van der Waals surface area contributed by atoms with Gasteiger partial charge >= 0.3 is 5.97 Å². The maximum atomic E-state index is 13.4. The summed E-state index contributed by atoms with van der Waals surface area (Å²) in [4.78, 5) is 18.6. The lowest BCUT2D eigenvalue weighted by Gasteiger charge is -2.39. The number of aliphatic hydroxyl groups is 1. The molecule has 4 rings (SSSR count). The number of aliphatic carboxylic acids is 1. The normalized spacial score (nSPS) is 16.4. The van der Waals surface area contributed by atoms with E-state index in [1.165, 1.54) is 13.3 Å². The number of aromatic nitrogens is 1. The lowest BCUT2D eigenvalue weighted by atomic mass is 9.74. The third kappa shape index (κ3) is 5.98. The highest BCUT2D eigenvalue weighted by molar-refractivity contribution is 6.32. The van der Waals surface area contributed by atoms with E-state index in [4.69, 9.17) is 21.1 Å². The van der Waals surface area contributed by atoms with E-state index < -0.39 is 34.9 Å². The Labute approximate surface area is 222 Å². The molecule has 2 N–H and O–H groups in total. The van der Waals surface area contributed by atoms with Crippen molar-refractivity contribution >= 4 is 28.5 Å². The van der Waals surface area contributed by atoms with Crippen LogP contribution in [0.15, 0.2) is 36.5 Å². The molecule has 1 saturated heterocycles. The second-order valence-electron chi connectivity index (χ2n) is 9.43. The molecule has 38 heavy (non-hydrogen) atoms. The molecule has 2 aromatic carbocycles. The van der Waals surface area contributed by atoms with Gasteiger partial charge in [0.1, 0.15) is 18.1 Å². The molecule has 3 aromatic rings. The van der Waals surface area contributed by atoms with Gasteiger partial charge in [-0.05, 0) is 57.0 Å². The minimum atomic E-state index is -1.55. The molecule has 1 aliphatic heterocycles. The molecule has 11 heteroatoms. The fourth-order valence-electron chi connectivity index (χ4n) is 4.87. The van der Waals surface area contributed by atoms with Crippen LogP contribution in [0.2, 0.25) is 5.02 Å². The molecule has 1 aliphatic rings. The summed E-state index contributed by atoms with van der Waals surface area (Å²) in [7, 11) is 1.53. The van der Waals surface area contributed by atoms with E-state index >= 15 is 0 Å². The third-order valence-corrected chi connectivity index (χ3v) is 7.50. The van der Waals surface area contributed by atoms with Crippen LogP contribution in [-0.2, 0) is 4.79 Å². The average molecular weight is 553 g/mol. The fourth-order valence-corrected chi connectivity index (χ4v) is 5.15. The molecule has 1 atom stereocenters. The monoisotopic (exact) mass is 552 g/mol. The number of ether oxygens (including phenoxy) is 2. The number of likely N-dealkylation sites (tertiary alicyclic amines) is 1. The number of halogens is 4. The number of pyridine rings is 1. The Hall–Kier alpha value is -3.08. The Morgan fingerprint density at radius 1 is 1.16 bits per heavy atom. The molecule has 0 amide bonds. The number of carboxylic acid groups (broad SMARTS) is 1. The summed E-state index contributed by atoms with van der Waals surface area (Å²) >= 11 is 6.39. The minimum absolute atomic E-state index is 0.0976.